The van der Waals surface area contributed by atoms with Crippen molar-refractivity contribution < 1.29 is 9.22 Å². The molecule has 0 bridgehead atoms. The lowest BCUT2D eigenvalue weighted by molar-refractivity contribution is -0.125. The first-order valence-electron chi connectivity index (χ1n) is 7.24. The molecule has 0 spiro atoms. The Bertz CT molecular complexity index is 479. The van der Waals surface area contributed by atoms with Gasteiger partial charge in [-0.1, -0.05) is 51.1 Å². The summed E-state index contributed by atoms with van der Waals surface area (Å²) in [5.41, 5.74) is 1.15. The largest absolute Gasteiger partial charge is 0.405 e. The first-order chi connectivity index (χ1) is 9.21. The van der Waals surface area contributed by atoms with Gasteiger partial charge in [0.15, 0.2) is 8.32 Å². The summed E-state index contributed by atoms with van der Waals surface area (Å²) < 4.78 is 6.25. The molecule has 1 aliphatic heterocycles. The van der Waals surface area contributed by atoms with Crippen LogP contribution in [-0.4, -0.2) is 20.3 Å². The number of carbonyl (C=O) groups excluding carboxylic acids is 1. The molecule has 1 aromatic rings. The second kappa shape index (κ2) is 5.33. The third-order valence-corrected chi connectivity index (χ3v) is 8.99. The van der Waals surface area contributed by atoms with E-state index in [0.29, 0.717) is 0 Å². The van der Waals surface area contributed by atoms with Crippen LogP contribution in [0.25, 0.3) is 0 Å². The molecule has 0 unspecified atom stereocenters. The standard InChI is InChI=1S/C16H25NO2Si/c1-16(2,3)20(4,5)19-14-11-13(17-15(14)18)12-9-7-6-8-10-12/h6-10,13-14H,11H2,1-5H3,(H,17,18)/t13-,14-/m1/s1. The highest BCUT2D eigenvalue weighted by Gasteiger charge is 2.43. The maximum atomic E-state index is 12.1. The van der Waals surface area contributed by atoms with Crippen molar-refractivity contribution in [1.29, 1.82) is 0 Å². The average Bonchev–Trinajstić information content (AvgIpc) is 2.70. The third-order valence-electron chi connectivity index (χ3n) is 4.50. The number of hydrogen-bond donors (Lipinski definition) is 1. The van der Waals surface area contributed by atoms with Crippen LogP contribution in [0.2, 0.25) is 18.1 Å². The highest BCUT2D eigenvalue weighted by atomic mass is 28.4. The van der Waals surface area contributed by atoms with Crippen molar-refractivity contribution in [2.45, 2.75) is 57.5 Å². The van der Waals surface area contributed by atoms with Crippen LogP contribution in [0.15, 0.2) is 30.3 Å². The van der Waals surface area contributed by atoms with E-state index in [0.717, 1.165) is 12.0 Å². The molecule has 2 atom stereocenters. The molecule has 0 radical (unpaired) electrons. The predicted molar refractivity (Wildman–Crippen MR) is 84.0 cm³/mol. The van der Waals surface area contributed by atoms with E-state index in [1.807, 2.05) is 18.2 Å². The minimum absolute atomic E-state index is 0.0312. The van der Waals surface area contributed by atoms with Crippen molar-refractivity contribution in [3.63, 3.8) is 0 Å². The molecule has 1 saturated heterocycles. The monoisotopic (exact) mass is 291 g/mol. The number of carbonyl (C=O) groups is 1. The first kappa shape index (κ1) is 15.3. The number of nitrogens with one attached hydrogen (secondary N) is 1. The molecule has 1 aromatic carbocycles. The van der Waals surface area contributed by atoms with E-state index in [4.69, 9.17) is 4.43 Å². The maximum absolute atomic E-state index is 12.1. The molecular weight excluding hydrogens is 266 g/mol. The van der Waals surface area contributed by atoms with Gasteiger partial charge in [-0.15, -0.1) is 0 Å². The van der Waals surface area contributed by atoms with Crippen molar-refractivity contribution in [3.05, 3.63) is 35.9 Å². The fourth-order valence-corrected chi connectivity index (χ4v) is 3.45. The molecule has 2 rings (SSSR count). The maximum Gasteiger partial charge on any atom is 0.248 e. The summed E-state index contributed by atoms with van der Waals surface area (Å²) in [7, 11) is -1.90. The Morgan fingerprint density at radius 1 is 1.20 bits per heavy atom. The van der Waals surface area contributed by atoms with E-state index in [1.54, 1.807) is 0 Å². The van der Waals surface area contributed by atoms with Crippen LogP contribution in [0.5, 0.6) is 0 Å². The van der Waals surface area contributed by atoms with Gasteiger partial charge in [-0.25, -0.2) is 0 Å². The lowest BCUT2D eigenvalue weighted by atomic mass is 10.1. The zero-order valence-corrected chi connectivity index (χ0v) is 14.1. The van der Waals surface area contributed by atoms with E-state index < -0.39 is 8.32 Å². The molecule has 1 N–H and O–H groups in total. The van der Waals surface area contributed by atoms with E-state index >= 15 is 0 Å². The summed E-state index contributed by atoms with van der Waals surface area (Å²) >= 11 is 0. The fraction of sp³-hybridized carbons (Fsp3) is 0.562. The van der Waals surface area contributed by atoms with Gasteiger partial charge in [0, 0.05) is 6.42 Å². The van der Waals surface area contributed by atoms with Crippen molar-refractivity contribution in [3.8, 4) is 0 Å². The van der Waals surface area contributed by atoms with Crippen LogP contribution in [0.4, 0.5) is 0 Å². The highest BCUT2D eigenvalue weighted by molar-refractivity contribution is 6.74. The van der Waals surface area contributed by atoms with Crippen LogP contribution >= 0.6 is 0 Å². The minimum atomic E-state index is -1.90. The molecule has 0 aromatic heterocycles. The molecule has 4 heteroatoms. The minimum Gasteiger partial charge on any atom is -0.405 e. The van der Waals surface area contributed by atoms with Crippen molar-refractivity contribution in [2.75, 3.05) is 0 Å². The van der Waals surface area contributed by atoms with Crippen LogP contribution in [0.1, 0.15) is 38.8 Å². The van der Waals surface area contributed by atoms with E-state index in [9.17, 15) is 4.79 Å². The quantitative estimate of drug-likeness (QED) is 0.864. The van der Waals surface area contributed by atoms with Gasteiger partial charge in [0.1, 0.15) is 6.10 Å². The first-order valence-corrected chi connectivity index (χ1v) is 10.1. The van der Waals surface area contributed by atoms with Gasteiger partial charge in [0.2, 0.25) is 5.91 Å². The van der Waals surface area contributed by atoms with Gasteiger partial charge in [-0.05, 0) is 23.7 Å². The normalized spacial score (nSPS) is 23.8. The van der Waals surface area contributed by atoms with Gasteiger partial charge in [0.05, 0.1) is 6.04 Å². The van der Waals surface area contributed by atoms with E-state index in [1.165, 1.54) is 0 Å². The number of benzene rings is 1. The van der Waals surface area contributed by atoms with Gasteiger partial charge < -0.3 is 9.74 Å². The van der Waals surface area contributed by atoms with Crippen LogP contribution < -0.4 is 5.32 Å². The number of rotatable bonds is 3. The molecule has 1 fully saturated rings. The topological polar surface area (TPSA) is 38.3 Å². The summed E-state index contributed by atoms with van der Waals surface area (Å²) in [5, 5.41) is 3.18. The molecule has 1 heterocycles. The Morgan fingerprint density at radius 3 is 2.35 bits per heavy atom. The fourth-order valence-electron chi connectivity index (χ4n) is 2.18. The summed E-state index contributed by atoms with van der Waals surface area (Å²) in [5.74, 6) is 0.0312. The second-order valence-corrected chi connectivity index (χ2v) is 11.8. The smallest absolute Gasteiger partial charge is 0.248 e. The lowest BCUT2D eigenvalue weighted by Crippen LogP contribution is -2.45. The highest BCUT2D eigenvalue weighted by Crippen LogP contribution is 2.39. The number of amides is 1. The third kappa shape index (κ3) is 3.12. The van der Waals surface area contributed by atoms with Crippen molar-refractivity contribution in [2.24, 2.45) is 0 Å². The van der Waals surface area contributed by atoms with Crippen LogP contribution in [0.3, 0.4) is 0 Å². The van der Waals surface area contributed by atoms with Gasteiger partial charge in [0.25, 0.3) is 0 Å². The van der Waals surface area contributed by atoms with Crippen LogP contribution in [-0.2, 0) is 9.22 Å². The SMILES string of the molecule is CC(C)(C)[Si](C)(C)O[C@@H]1C[C@H](c2ccccc2)NC1=O. The summed E-state index contributed by atoms with van der Waals surface area (Å²) in [4.78, 5) is 12.1. The van der Waals surface area contributed by atoms with Gasteiger partial charge >= 0.3 is 0 Å². The Morgan fingerprint density at radius 2 is 1.80 bits per heavy atom. The molecule has 20 heavy (non-hydrogen) atoms. The van der Waals surface area contributed by atoms with Crippen LogP contribution in [0, 0.1) is 0 Å². The molecule has 1 amide bonds. The Kier molecular flexibility index (Phi) is 4.07. The van der Waals surface area contributed by atoms with Gasteiger partial charge in [-0.2, -0.15) is 0 Å². The molecule has 0 saturated carbocycles. The Hall–Kier alpha value is -1.13. The summed E-state index contributed by atoms with van der Waals surface area (Å²) in [6.45, 7) is 11.0. The Balaban J connectivity index is 2.07. The zero-order chi connectivity index (χ0) is 15.0. The van der Waals surface area contributed by atoms with Gasteiger partial charge in [-0.3, -0.25) is 4.79 Å². The summed E-state index contributed by atoms with van der Waals surface area (Å²) in [6.07, 6.45) is 0.427. The van der Waals surface area contributed by atoms with E-state index in [-0.39, 0.29) is 23.1 Å². The van der Waals surface area contributed by atoms with Crippen molar-refractivity contribution >= 4 is 14.2 Å². The molecule has 1 aliphatic rings. The number of hydrogen-bond acceptors (Lipinski definition) is 2. The predicted octanol–water partition coefficient (Wildman–Crippen LogP) is 3.64. The van der Waals surface area contributed by atoms with Crippen molar-refractivity contribution in [1.82, 2.24) is 5.32 Å². The average molecular weight is 291 g/mol. The molecule has 0 aliphatic carbocycles. The zero-order valence-electron chi connectivity index (χ0n) is 13.1. The molecule has 3 nitrogen and oxygen atoms in total. The van der Waals surface area contributed by atoms with E-state index in [2.05, 4.69) is 51.3 Å². The lowest BCUT2D eigenvalue weighted by Gasteiger charge is -2.37. The molecular formula is C16H25NO2Si. The summed E-state index contributed by atoms with van der Waals surface area (Å²) in [6, 6.07) is 10.2. The Labute approximate surface area is 122 Å². The second-order valence-electron chi connectivity index (χ2n) is 7.07. The molecule has 110 valence electrons.